The predicted molar refractivity (Wildman–Crippen MR) is 59.1 cm³/mol. The van der Waals surface area contributed by atoms with E-state index in [0.717, 1.165) is 11.8 Å². The van der Waals surface area contributed by atoms with Gasteiger partial charge in [0.15, 0.2) is 0 Å². The standard InChI is InChI=1S/C9H14N2O4S/c1-6-9(15)10-2-3-11(6)7(12)4-16-5-8(13)14/h6H,2-5H2,1H3,(H,10,15)(H,13,14). The molecule has 1 atom stereocenters. The number of rotatable bonds is 4. The maximum absolute atomic E-state index is 11.7. The van der Waals surface area contributed by atoms with Crippen LogP contribution in [-0.4, -0.2) is 58.4 Å². The van der Waals surface area contributed by atoms with Crippen molar-refractivity contribution >= 4 is 29.5 Å². The maximum Gasteiger partial charge on any atom is 0.313 e. The number of amides is 2. The molecule has 1 rings (SSSR count). The maximum atomic E-state index is 11.7. The second kappa shape index (κ2) is 5.74. The topological polar surface area (TPSA) is 86.7 Å². The number of carbonyl (C=O) groups is 3. The Labute approximate surface area is 97.4 Å². The molecule has 0 bridgehead atoms. The Bertz CT molecular complexity index is 308. The second-order valence-electron chi connectivity index (χ2n) is 3.44. The number of carboxylic acid groups (broad SMARTS) is 1. The minimum Gasteiger partial charge on any atom is -0.481 e. The third kappa shape index (κ3) is 3.41. The molecule has 2 N–H and O–H groups in total. The Kier molecular flexibility index (Phi) is 4.60. The van der Waals surface area contributed by atoms with Crippen molar-refractivity contribution < 1.29 is 19.5 Å². The number of aliphatic carboxylic acids is 1. The van der Waals surface area contributed by atoms with E-state index in [9.17, 15) is 14.4 Å². The minimum atomic E-state index is -0.942. The summed E-state index contributed by atoms with van der Waals surface area (Å²) in [7, 11) is 0. The molecule has 1 fully saturated rings. The van der Waals surface area contributed by atoms with E-state index in [1.165, 1.54) is 4.90 Å². The molecule has 0 radical (unpaired) electrons. The van der Waals surface area contributed by atoms with E-state index in [-0.39, 0.29) is 23.3 Å². The van der Waals surface area contributed by atoms with Gasteiger partial charge in [-0.3, -0.25) is 14.4 Å². The van der Waals surface area contributed by atoms with Crippen LogP contribution in [0.3, 0.4) is 0 Å². The zero-order valence-electron chi connectivity index (χ0n) is 8.93. The van der Waals surface area contributed by atoms with Crippen LogP contribution in [0.4, 0.5) is 0 Å². The van der Waals surface area contributed by atoms with Crippen molar-refractivity contribution in [3.63, 3.8) is 0 Å². The van der Waals surface area contributed by atoms with E-state index in [1.807, 2.05) is 0 Å². The first-order valence-corrected chi connectivity index (χ1v) is 6.04. The number of nitrogens with zero attached hydrogens (tertiary/aromatic N) is 1. The molecule has 1 saturated heterocycles. The lowest BCUT2D eigenvalue weighted by Gasteiger charge is -2.32. The van der Waals surface area contributed by atoms with Gasteiger partial charge in [-0.1, -0.05) is 0 Å². The highest BCUT2D eigenvalue weighted by Crippen LogP contribution is 2.08. The molecule has 0 aromatic heterocycles. The average molecular weight is 246 g/mol. The van der Waals surface area contributed by atoms with Gasteiger partial charge >= 0.3 is 5.97 Å². The number of thioether (sulfide) groups is 1. The van der Waals surface area contributed by atoms with Crippen LogP contribution in [0.5, 0.6) is 0 Å². The monoisotopic (exact) mass is 246 g/mol. The zero-order chi connectivity index (χ0) is 12.1. The van der Waals surface area contributed by atoms with Gasteiger partial charge in [-0.2, -0.15) is 0 Å². The van der Waals surface area contributed by atoms with Crippen LogP contribution in [-0.2, 0) is 14.4 Å². The fraction of sp³-hybridized carbons (Fsp3) is 0.667. The Morgan fingerprint density at radius 3 is 2.88 bits per heavy atom. The number of hydrogen-bond acceptors (Lipinski definition) is 4. The third-order valence-electron chi connectivity index (χ3n) is 2.27. The van der Waals surface area contributed by atoms with E-state index in [2.05, 4.69) is 5.32 Å². The van der Waals surface area contributed by atoms with E-state index >= 15 is 0 Å². The summed E-state index contributed by atoms with van der Waals surface area (Å²) < 4.78 is 0. The van der Waals surface area contributed by atoms with Crippen LogP contribution in [0, 0.1) is 0 Å². The van der Waals surface area contributed by atoms with Crippen molar-refractivity contribution in [3.05, 3.63) is 0 Å². The number of hydrogen-bond donors (Lipinski definition) is 2. The highest BCUT2D eigenvalue weighted by Gasteiger charge is 2.28. The Morgan fingerprint density at radius 1 is 1.56 bits per heavy atom. The van der Waals surface area contributed by atoms with Gasteiger partial charge in [-0.05, 0) is 6.92 Å². The fourth-order valence-corrected chi connectivity index (χ4v) is 2.05. The summed E-state index contributed by atoms with van der Waals surface area (Å²) in [5.74, 6) is -1.29. The molecule has 0 aromatic rings. The van der Waals surface area contributed by atoms with Crippen LogP contribution in [0.2, 0.25) is 0 Å². The Morgan fingerprint density at radius 2 is 2.25 bits per heavy atom. The molecule has 1 heterocycles. The normalized spacial score (nSPS) is 20.4. The van der Waals surface area contributed by atoms with Crippen molar-refractivity contribution in [2.45, 2.75) is 13.0 Å². The molecule has 0 spiro atoms. The Hall–Kier alpha value is -1.24. The van der Waals surface area contributed by atoms with E-state index in [0.29, 0.717) is 13.1 Å². The first-order chi connectivity index (χ1) is 7.52. The molecule has 2 amide bonds. The molecule has 0 saturated carbocycles. The van der Waals surface area contributed by atoms with E-state index in [1.54, 1.807) is 6.92 Å². The first-order valence-electron chi connectivity index (χ1n) is 4.89. The molecule has 16 heavy (non-hydrogen) atoms. The van der Waals surface area contributed by atoms with Crippen molar-refractivity contribution in [1.82, 2.24) is 10.2 Å². The molecule has 6 nitrogen and oxygen atoms in total. The van der Waals surface area contributed by atoms with Crippen molar-refractivity contribution in [1.29, 1.82) is 0 Å². The minimum absolute atomic E-state index is 0.0971. The summed E-state index contributed by atoms with van der Waals surface area (Å²) in [5, 5.41) is 11.1. The Balaban J connectivity index is 2.40. The largest absolute Gasteiger partial charge is 0.481 e. The first kappa shape index (κ1) is 12.8. The predicted octanol–water partition coefficient (Wildman–Crippen LogP) is -0.849. The SMILES string of the molecule is CC1C(=O)NCCN1C(=O)CSCC(=O)O. The van der Waals surface area contributed by atoms with E-state index < -0.39 is 12.0 Å². The summed E-state index contributed by atoms with van der Waals surface area (Å²) >= 11 is 1.04. The van der Waals surface area contributed by atoms with Gasteiger partial charge < -0.3 is 15.3 Å². The van der Waals surface area contributed by atoms with Gasteiger partial charge in [0.2, 0.25) is 11.8 Å². The van der Waals surface area contributed by atoms with Crippen molar-refractivity contribution in [2.24, 2.45) is 0 Å². The lowest BCUT2D eigenvalue weighted by Crippen LogP contribution is -2.56. The lowest BCUT2D eigenvalue weighted by molar-refractivity contribution is -0.140. The van der Waals surface area contributed by atoms with Crippen LogP contribution < -0.4 is 5.32 Å². The number of piperazine rings is 1. The highest BCUT2D eigenvalue weighted by molar-refractivity contribution is 8.00. The molecule has 90 valence electrons. The number of carbonyl (C=O) groups excluding carboxylic acids is 2. The summed E-state index contributed by atoms with van der Waals surface area (Å²) in [4.78, 5) is 34.7. The van der Waals surface area contributed by atoms with Crippen molar-refractivity contribution in [3.8, 4) is 0 Å². The van der Waals surface area contributed by atoms with Crippen molar-refractivity contribution in [2.75, 3.05) is 24.6 Å². The molecule has 0 aliphatic carbocycles. The summed E-state index contributed by atoms with van der Waals surface area (Å²) in [6, 6.07) is -0.466. The highest BCUT2D eigenvalue weighted by atomic mass is 32.2. The average Bonchev–Trinajstić information content (AvgIpc) is 2.21. The third-order valence-corrected chi connectivity index (χ3v) is 3.17. The molecular weight excluding hydrogens is 232 g/mol. The number of carboxylic acids is 1. The smallest absolute Gasteiger partial charge is 0.313 e. The quantitative estimate of drug-likeness (QED) is 0.675. The lowest BCUT2D eigenvalue weighted by atomic mass is 10.2. The van der Waals surface area contributed by atoms with Gasteiger partial charge in [0, 0.05) is 13.1 Å². The molecule has 7 heteroatoms. The number of nitrogens with one attached hydrogen (secondary N) is 1. The summed E-state index contributed by atoms with van der Waals surface area (Å²) in [6.45, 7) is 2.60. The summed E-state index contributed by atoms with van der Waals surface area (Å²) in [5.41, 5.74) is 0. The van der Waals surface area contributed by atoms with Crippen LogP contribution >= 0.6 is 11.8 Å². The van der Waals surface area contributed by atoms with Crippen LogP contribution in [0.25, 0.3) is 0 Å². The van der Waals surface area contributed by atoms with Gasteiger partial charge in [-0.15, -0.1) is 11.8 Å². The van der Waals surface area contributed by atoms with Crippen LogP contribution in [0.1, 0.15) is 6.92 Å². The molecule has 1 aliphatic rings. The summed E-state index contributed by atoms with van der Waals surface area (Å²) in [6.07, 6.45) is 0. The second-order valence-corrected chi connectivity index (χ2v) is 4.43. The molecule has 1 unspecified atom stereocenters. The molecule has 0 aromatic carbocycles. The van der Waals surface area contributed by atoms with Gasteiger partial charge in [-0.25, -0.2) is 0 Å². The fourth-order valence-electron chi connectivity index (χ4n) is 1.43. The zero-order valence-corrected chi connectivity index (χ0v) is 9.75. The van der Waals surface area contributed by atoms with Gasteiger partial charge in [0.05, 0.1) is 11.5 Å². The molecule has 1 aliphatic heterocycles. The van der Waals surface area contributed by atoms with E-state index in [4.69, 9.17) is 5.11 Å². The van der Waals surface area contributed by atoms with Gasteiger partial charge in [0.25, 0.3) is 0 Å². The van der Waals surface area contributed by atoms with Crippen LogP contribution in [0.15, 0.2) is 0 Å². The van der Waals surface area contributed by atoms with Gasteiger partial charge in [0.1, 0.15) is 6.04 Å². The molecular formula is C9H14N2O4S.